The molecule has 84 valence electrons. The molecule has 0 aliphatic carbocycles. The van der Waals surface area contributed by atoms with E-state index in [2.05, 4.69) is 48.0 Å². The Morgan fingerprint density at radius 1 is 0.938 bits per heavy atom. The van der Waals surface area contributed by atoms with Gasteiger partial charge in [0, 0.05) is 11.8 Å². The molecule has 0 saturated carbocycles. The quantitative estimate of drug-likeness (QED) is 0.766. The summed E-state index contributed by atoms with van der Waals surface area (Å²) in [7, 11) is -0.673. The van der Waals surface area contributed by atoms with Crippen LogP contribution in [0.1, 0.15) is 0 Å². The van der Waals surface area contributed by atoms with Crippen molar-refractivity contribution in [1.29, 1.82) is 0 Å². The van der Waals surface area contributed by atoms with Gasteiger partial charge in [-0.05, 0) is 35.8 Å². The minimum atomic E-state index is -0.673. The summed E-state index contributed by atoms with van der Waals surface area (Å²) in [5.74, 6) is 0. The van der Waals surface area contributed by atoms with E-state index in [1.165, 1.54) is 10.5 Å². The first-order chi connectivity index (χ1) is 7.57. The summed E-state index contributed by atoms with van der Waals surface area (Å²) in [5, 5.41) is 0. The first kappa shape index (κ1) is 11.2. The Hall–Kier alpha value is -1.28. The Balaban J connectivity index is 2.45. The molecule has 0 aliphatic heterocycles. The Labute approximate surface area is 98.9 Å². The molecular weight excluding hydrogens is 214 g/mol. The van der Waals surface area contributed by atoms with Crippen molar-refractivity contribution in [2.45, 2.75) is 4.90 Å². The van der Waals surface area contributed by atoms with Gasteiger partial charge in [0.25, 0.3) is 0 Å². The summed E-state index contributed by atoms with van der Waals surface area (Å²) in [6.07, 6.45) is 8.82. The van der Waals surface area contributed by atoms with E-state index in [1.807, 2.05) is 24.4 Å². The number of pyridine rings is 1. The van der Waals surface area contributed by atoms with Crippen LogP contribution in [0.5, 0.6) is 0 Å². The predicted molar refractivity (Wildman–Crippen MR) is 73.3 cm³/mol. The molecule has 0 bridgehead atoms. The molecule has 1 aromatic carbocycles. The lowest BCUT2D eigenvalue weighted by Gasteiger charge is -2.25. The maximum Gasteiger partial charge on any atom is 0.0712 e. The number of nitrogens with zero attached hydrogens (tertiary/aromatic N) is 1. The van der Waals surface area contributed by atoms with E-state index < -0.39 is 10.0 Å². The SMILES string of the molecule is CS(C)(C)c1ccnc(-c2ccccc2)c1. The Kier molecular flexibility index (Phi) is 3.01. The second kappa shape index (κ2) is 4.30. The summed E-state index contributed by atoms with van der Waals surface area (Å²) in [4.78, 5) is 5.84. The fourth-order valence-corrected chi connectivity index (χ4v) is 2.49. The molecule has 0 amide bonds. The van der Waals surface area contributed by atoms with Crippen molar-refractivity contribution in [3.05, 3.63) is 48.7 Å². The summed E-state index contributed by atoms with van der Waals surface area (Å²) < 4.78 is 0. The zero-order valence-corrected chi connectivity index (χ0v) is 10.8. The number of benzene rings is 1. The van der Waals surface area contributed by atoms with Crippen molar-refractivity contribution in [3.8, 4) is 11.3 Å². The minimum absolute atomic E-state index is 0.673. The molecule has 16 heavy (non-hydrogen) atoms. The molecule has 0 spiro atoms. The monoisotopic (exact) mass is 231 g/mol. The number of rotatable bonds is 2. The lowest BCUT2D eigenvalue weighted by Crippen LogP contribution is -1.94. The standard InChI is InChI=1S/C14H17NS/c1-16(2,3)13-9-10-15-14(11-13)12-7-5-4-6-8-12/h4-11H,1-3H3. The zero-order valence-electron chi connectivity index (χ0n) is 9.97. The minimum Gasteiger partial charge on any atom is -0.256 e. The van der Waals surface area contributed by atoms with Gasteiger partial charge in [-0.2, -0.15) is 0 Å². The first-order valence-corrected chi connectivity index (χ1v) is 8.13. The second-order valence-electron chi connectivity index (χ2n) is 4.58. The van der Waals surface area contributed by atoms with Gasteiger partial charge < -0.3 is 0 Å². The number of aromatic nitrogens is 1. The molecule has 0 saturated heterocycles. The molecule has 0 fully saturated rings. The van der Waals surface area contributed by atoms with Crippen LogP contribution in [0, 0.1) is 0 Å². The molecule has 2 aromatic rings. The van der Waals surface area contributed by atoms with Gasteiger partial charge in [0.15, 0.2) is 0 Å². The van der Waals surface area contributed by atoms with Crippen LogP contribution in [0.2, 0.25) is 0 Å². The predicted octanol–water partition coefficient (Wildman–Crippen LogP) is 3.80. The van der Waals surface area contributed by atoms with Crippen LogP contribution >= 0.6 is 10.0 Å². The smallest absolute Gasteiger partial charge is 0.0712 e. The van der Waals surface area contributed by atoms with Crippen LogP contribution in [-0.2, 0) is 0 Å². The highest BCUT2D eigenvalue weighted by atomic mass is 32.3. The average molecular weight is 231 g/mol. The first-order valence-electron chi connectivity index (χ1n) is 5.27. The van der Waals surface area contributed by atoms with Gasteiger partial charge in [0.2, 0.25) is 0 Å². The van der Waals surface area contributed by atoms with Crippen molar-refractivity contribution in [3.63, 3.8) is 0 Å². The van der Waals surface area contributed by atoms with Gasteiger partial charge in [-0.3, -0.25) is 4.98 Å². The van der Waals surface area contributed by atoms with E-state index in [1.54, 1.807) is 0 Å². The van der Waals surface area contributed by atoms with Gasteiger partial charge in [-0.1, -0.05) is 30.3 Å². The molecule has 1 heterocycles. The van der Waals surface area contributed by atoms with E-state index in [9.17, 15) is 0 Å². The Bertz CT molecular complexity index is 472. The third kappa shape index (κ3) is 2.45. The summed E-state index contributed by atoms with van der Waals surface area (Å²) in [6.45, 7) is 0. The summed E-state index contributed by atoms with van der Waals surface area (Å²) >= 11 is 0. The van der Waals surface area contributed by atoms with Gasteiger partial charge in [0.1, 0.15) is 0 Å². The zero-order chi connectivity index (χ0) is 11.6. The molecule has 2 rings (SSSR count). The maximum absolute atomic E-state index is 4.44. The molecule has 0 N–H and O–H groups in total. The molecule has 1 nitrogen and oxygen atoms in total. The van der Waals surface area contributed by atoms with E-state index in [-0.39, 0.29) is 0 Å². The molecule has 0 unspecified atom stereocenters. The average Bonchev–Trinajstić information content (AvgIpc) is 2.29. The maximum atomic E-state index is 4.44. The van der Waals surface area contributed by atoms with Crippen molar-refractivity contribution < 1.29 is 0 Å². The second-order valence-corrected chi connectivity index (χ2v) is 8.73. The van der Waals surface area contributed by atoms with Crippen LogP contribution in [0.3, 0.4) is 0 Å². The molecule has 2 heteroatoms. The van der Waals surface area contributed by atoms with Gasteiger partial charge in [0.05, 0.1) is 5.69 Å². The molecule has 0 radical (unpaired) electrons. The number of hydrogen-bond donors (Lipinski definition) is 0. The molecule has 1 aromatic heterocycles. The molecule has 0 aliphatic rings. The van der Waals surface area contributed by atoms with E-state index in [0.717, 1.165) is 5.69 Å². The van der Waals surface area contributed by atoms with E-state index in [0.29, 0.717) is 0 Å². The van der Waals surface area contributed by atoms with Crippen LogP contribution in [0.25, 0.3) is 11.3 Å². The highest BCUT2D eigenvalue weighted by molar-refractivity contribution is 8.32. The van der Waals surface area contributed by atoms with E-state index in [4.69, 9.17) is 0 Å². The lowest BCUT2D eigenvalue weighted by molar-refractivity contribution is 1.26. The highest BCUT2D eigenvalue weighted by Gasteiger charge is 2.09. The topological polar surface area (TPSA) is 12.9 Å². The van der Waals surface area contributed by atoms with Crippen molar-refractivity contribution in [1.82, 2.24) is 4.98 Å². The van der Waals surface area contributed by atoms with E-state index >= 15 is 0 Å². The Morgan fingerprint density at radius 3 is 2.25 bits per heavy atom. The molecule has 0 atom stereocenters. The van der Waals surface area contributed by atoms with Crippen molar-refractivity contribution >= 4 is 10.0 Å². The fourth-order valence-electron chi connectivity index (χ4n) is 1.56. The third-order valence-corrected chi connectivity index (χ3v) is 4.18. The van der Waals surface area contributed by atoms with Gasteiger partial charge in [-0.15, -0.1) is 0 Å². The normalized spacial score (nSPS) is 12.4. The van der Waals surface area contributed by atoms with Crippen molar-refractivity contribution in [2.24, 2.45) is 0 Å². The number of hydrogen-bond acceptors (Lipinski definition) is 1. The Morgan fingerprint density at radius 2 is 1.62 bits per heavy atom. The third-order valence-electron chi connectivity index (χ3n) is 2.51. The van der Waals surface area contributed by atoms with Gasteiger partial charge in [-0.25, -0.2) is 10.0 Å². The van der Waals surface area contributed by atoms with Crippen LogP contribution in [-0.4, -0.2) is 23.8 Å². The van der Waals surface area contributed by atoms with Crippen LogP contribution < -0.4 is 0 Å². The highest BCUT2D eigenvalue weighted by Crippen LogP contribution is 2.45. The van der Waals surface area contributed by atoms with Gasteiger partial charge >= 0.3 is 0 Å². The largest absolute Gasteiger partial charge is 0.256 e. The lowest BCUT2D eigenvalue weighted by atomic mass is 10.1. The van der Waals surface area contributed by atoms with Crippen LogP contribution in [0.15, 0.2) is 53.6 Å². The summed E-state index contributed by atoms with van der Waals surface area (Å²) in [5.41, 5.74) is 2.26. The molecular formula is C14H17NS. The summed E-state index contributed by atoms with van der Waals surface area (Å²) in [6, 6.07) is 14.7. The fraction of sp³-hybridized carbons (Fsp3) is 0.214. The van der Waals surface area contributed by atoms with Crippen LogP contribution in [0.4, 0.5) is 0 Å². The van der Waals surface area contributed by atoms with Crippen molar-refractivity contribution in [2.75, 3.05) is 18.8 Å².